The third-order valence-corrected chi connectivity index (χ3v) is 5.13. The molecule has 0 unspecified atom stereocenters. The Bertz CT molecular complexity index is 826. The topological polar surface area (TPSA) is 96.1 Å². The zero-order valence-electron chi connectivity index (χ0n) is 13.5. The number of benzene rings is 2. The van der Waals surface area contributed by atoms with Crippen molar-refractivity contribution >= 4 is 10.0 Å². The maximum atomic E-state index is 13.6. The van der Waals surface area contributed by atoms with Gasteiger partial charge in [0.1, 0.15) is 5.82 Å². The van der Waals surface area contributed by atoms with Gasteiger partial charge in [0.05, 0.1) is 18.1 Å². The molecule has 0 fully saturated rings. The van der Waals surface area contributed by atoms with Crippen LogP contribution in [0.15, 0.2) is 47.4 Å². The minimum Gasteiger partial charge on any atom is -0.490 e. The summed E-state index contributed by atoms with van der Waals surface area (Å²) in [5, 5.41) is 0. The van der Waals surface area contributed by atoms with Crippen molar-refractivity contribution in [3.8, 4) is 11.5 Å². The lowest BCUT2D eigenvalue weighted by atomic mass is 10.1. The summed E-state index contributed by atoms with van der Waals surface area (Å²) in [6, 6.07) is 10.8. The second kappa shape index (κ2) is 8.28. The molecule has 1 heterocycles. The molecule has 1 aliphatic rings. The molecule has 0 spiro atoms. The van der Waals surface area contributed by atoms with E-state index in [9.17, 15) is 12.8 Å². The SMILES string of the molecule is O.O=S(=O)(NCCc1ccccc1F)c1ccc2c(c1)OCCCO2. The van der Waals surface area contributed by atoms with E-state index >= 15 is 0 Å². The molecule has 1 aliphatic heterocycles. The number of halogens is 1. The van der Waals surface area contributed by atoms with Crippen LogP contribution in [0.5, 0.6) is 11.5 Å². The Kier molecular flexibility index (Phi) is 6.35. The van der Waals surface area contributed by atoms with Crippen LogP contribution in [0.2, 0.25) is 0 Å². The molecule has 0 saturated carbocycles. The van der Waals surface area contributed by atoms with Crippen molar-refractivity contribution in [1.29, 1.82) is 0 Å². The Hall–Kier alpha value is -2.16. The highest BCUT2D eigenvalue weighted by Crippen LogP contribution is 2.31. The van der Waals surface area contributed by atoms with Crippen LogP contribution in [-0.4, -0.2) is 33.7 Å². The molecule has 2 aromatic rings. The van der Waals surface area contributed by atoms with Crippen molar-refractivity contribution in [2.75, 3.05) is 19.8 Å². The van der Waals surface area contributed by atoms with E-state index in [1.54, 1.807) is 24.3 Å². The third-order valence-electron chi connectivity index (χ3n) is 3.67. The van der Waals surface area contributed by atoms with E-state index in [0.717, 1.165) is 6.42 Å². The van der Waals surface area contributed by atoms with Gasteiger partial charge in [-0.15, -0.1) is 0 Å². The predicted molar refractivity (Wildman–Crippen MR) is 91.0 cm³/mol. The maximum absolute atomic E-state index is 13.6. The maximum Gasteiger partial charge on any atom is 0.240 e. The average Bonchev–Trinajstić information content (AvgIpc) is 2.81. The van der Waals surface area contributed by atoms with Crippen molar-refractivity contribution in [2.45, 2.75) is 17.7 Å². The fraction of sp³-hybridized carbons (Fsp3) is 0.294. The van der Waals surface area contributed by atoms with Crippen LogP contribution >= 0.6 is 0 Å². The van der Waals surface area contributed by atoms with Crippen molar-refractivity contribution in [1.82, 2.24) is 4.72 Å². The standard InChI is InChI=1S/C17H18FNO4S.H2O/c18-15-5-2-1-4-13(15)8-9-19-24(20,21)14-6-7-16-17(12-14)23-11-3-10-22-16;/h1-2,4-7,12,19H,3,8-11H2;1H2. The fourth-order valence-corrected chi connectivity index (χ4v) is 3.46. The van der Waals surface area contributed by atoms with Crippen molar-refractivity contribution < 1.29 is 27.8 Å². The Morgan fingerprint density at radius 3 is 2.52 bits per heavy atom. The van der Waals surface area contributed by atoms with Gasteiger partial charge in [0.25, 0.3) is 0 Å². The number of ether oxygens (including phenoxy) is 2. The number of hydrogen-bond acceptors (Lipinski definition) is 4. The fourth-order valence-electron chi connectivity index (χ4n) is 2.42. The van der Waals surface area contributed by atoms with Crippen LogP contribution in [0.4, 0.5) is 4.39 Å². The average molecular weight is 369 g/mol. The lowest BCUT2D eigenvalue weighted by Crippen LogP contribution is -2.26. The molecule has 0 amide bonds. The first kappa shape index (κ1) is 19.2. The van der Waals surface area contributed by atoms with Gasteiger partial charge in [-0.05, 0) is 30.2 Å². The Balaban J connectivity index is 0.00000225. The highest BCUT2D eigenvalue weighted by Gasteiger charge is 2.18. The molecule has 0 bridgehead atoms. The highest BCUT2D eigenvalue weighted by molar-refractivity contribution is 7.89. The smallest absolute Gasteiger partial charge is 0.240 e. The zero-order valence-corrected chi connectivity index (χ0v) is 14.3. The molecule has 0 atom stereocenters. The number of hydrogen-bond donors (Lipinski definition) is 1. The van der Waals surface area contributed by atoms with Gasteiger partial charge in [0, 0.05) is 19.0 Å². The van der Waals surface area contributed by atoms with Crippen LogP contribution in [0, 0.1) is 5.82 Å². The Labute approximate surface area is 145 Å². The monoisotopic (exact) mass is 369 g/mol. The van der Waals surface area contributed by atoms with Gasteiger partial charge in [-0.1, -0.05) is 18.2 Å². The molecule has 8 heteroatoms. The summed E-state index contributed by atoms with van der Waals surface area (Å²) in [5.41, 5.74) is 0.471. The Morgan fingerprint density at radius 2 is 1.76 bits per heavy atom. The minimum atomic E-state index is -3.70. The molecule has 25 heavy (non-hydrogen) atoms. The molecule has 0 aromatic heterocycles. The minimum absolute atomic E-state index is 0. The second-order valence-corrected chi connectivity index (χ2v) is 7.17. The first-order chi connectivity index (χ1) is 11.6. The van der Waals surface area contributed by atoms with Crippen LogP contribution in [-0.2, 0) is 16.4 Å². The van der Waals surface area contributed by atoms with Crippen molar-refractivity contribution in [2.24, 2.45) is 0 Å². The molecule has 0 saturated heterocycles. The molecule has 3 N–H and O–H groups in total. The van der Waals surface area contributed by atoms with Gasteiger partial charge in [-0.3, -0.25) is 0 Å². The van der Waals surface area contributed by atoms with Gasteiger partial charge in [-0.25, -0.2) is 17.5 Å². The largest absolute Gasteiger partial charge is 0.490 e. The normalized spacial score (nSPS) is 13.6. The lowest BCUT2D eigenvalue weighted by Gasteiger charge is -2.11. The van der Waals surface area contributed by atoms with E-state index in [1.165, 1.54) is 18.2 Å². The molecule has 6 nitrogen and oxygen atoms in total. The van der Waals surface area contributed by atoms with Gasteiger partial charge in [0.2, 0.25) is 10.0 Å². The van der Waals surface area contributed by atoms with E-state index in [4.69, 9.17) is 9.47 Å². The van der Waals surface area contributed by atoms with Gasteiger partial charge < -0.3 is 14.9 Å². The summed E-state index contributed by atoms with van der Waals surface area (Å²) in [6.07, 6.45) is 1.02. The first-order valence-corrected chi connectivity index (χ1v) is 9.17. The molecule has 0 radical (unpaired) electrons. The van der Waals surface area contributed by atoms with Crippen molar-refractivity contribution in [3.05, 3.63) is 53.8 Å². The highest BCUT2D eigenvalue weighted by atomic mass is 32.2. The Morgan fingerprint density at radius 1 is 1.04 bits per heavy atom. The lowest BCUT2D eigenvalue weighted by molar-refractivity contribution is 0.297. The van der Waals surface area contributed by atoms with Gasteiger partial charge in [-0.2, -0.15) is 0 Å². The molecule has 136 valence electrons. The summed E-state index contributed by atoms with van der Waals surface area (Å²) in [7, 11) is -3.70. The predicted octanol–water partition coefficient (Wildman–Crippen LogP) is 1.68. The van der Waals surface area contributed by atoms with E-state index < -0.39 is 10.0 Å². The summed E-state index contributed by atoms with van der Waals surface area (Å²) >= 11 is 0. The van der Waals surface area contributed by atoms with Gasteiger partial charge >= 0.3 is 0 Å². The van der Waals surface area contributed by atoms with E-state index in [0.29, 0.717) is 30.3 Å². The number of sulfonamides is 1. The molecule has 3 rings (SSSR count). The quantitative estimate of drug-likeness (QED) is 0.867. The summed E-state index contributed by atoms with van der Waals surface area (Å²) in [4.78, 5) is 0.0975. The van der Waals surface area contributed by atoms with Crippen molar-refractivity contribution in [3.63, 3.8) is 0 Å². The summed E-state index contributed by atoms with van der Waals surface area (Å²) in [6.45, 7) is 1.13. The first-order valence-electron chi connectivity index (χ1n) is 7.69. The number of nitrogens with one attached hydrogen (secondary N) is 1. The van der Waals surface area contributed by atoms with E-state index in [-0.39, 0.29) is 29.2 Å². The number of rotatable bonds is 5. The van der Waals surface area contributed by atoms with Crippen LogP contribution < -0.4 is 14.2 Å². The van der Waals surface area contributed by atoms with E-state index in [2.05, 4.69) is 4.72 Å². The molecular weight excluding hydrogens is 349 g/mol. The van der Waals surface area contributed by atoms with E-state index in [1.807, 2.05) is 0 Å². The number of fused-ring (bicyclic) bond motifs is 1. The second-order valence-electron chi connectivity index (χ2n) is 5.40. The third kappa shape index (κ3) is 4.68. The zero-order chi connectivity index (χ0) is 17.0. The van der Waals surface area contributed by atoms with Crippen LogP contribution in [0.1, 0.15) is 12.0 Å². The van der Waals surface area contributed by atoms with Gasteiger partial charge in [0.15, 0.2) is 11.5 Å². The van der Waals surface area contributed by atoms with Crippen LogP contribution in [0.25, 0.3) is 0 Å². The van der Waals surface area contributed by atoms with Crippen LogP contribution in [0.3, 0.4) is 0 Å². The molecule has 2 aromatic carbocycles. The molecular formula is C17H20FNO5S. The summed E-state index contributed by atoms with van der Waals surface area (Å²) < 4.78 is 51.8. The summed E-state index contributed by atoms with van der Waals surface area (Å²) in [5.74, 6) is 0.620. The molecule has 0 aliphatic carbocycles.